The first kappa shape index (κ1) is 10.1. The molecule has 4 nitrogen and oxygen atoms in total. The van der Waals surface area contributed by atoms with Crippen LogP contribution in [0.4, 0.5) is 0 Å². The maximum atomic E-state index is 11.1. The molecule has 4 heteroatoms. The zero-order valence-electron chi connectivity index (χ0n) is 8.02. The molecule has 0 atom stereocenters. The van der Waals surface area contributed by atoms with E-state index in [0.717, 1.165) is 5.69 Å². The van der Waals surface area contributed by atoms with Crippen LogP contribution in [0.1, 0.15) is 5.69 Å². The Labute approximate surface area is 82.0 Å². The topological polar surface area (TPSA) is 55.0 Å². The fourth-order valence-electron chi connectivity index (χ4n) is 1.02. The van der Waals surface area contributed by atoms with Gasteiger partial charge in [0.2, 0.25) is 0 Å². The van der Waals surface area contributed by atoms with Crippen molar-refractivity contribution in [2.24, 2.45) is 7.05 Å². The molecule has 0 aromatic carbocycles. The molecule has 0 aliphatic heterocycles. The van der Waals surface area contributed by atoms with Gasteiger partial charge in [-0.05, 0) is 18.2 Å². The summed E-state index contributed by atoms with van der Waals surface area (Å²) in [6.45, 7) is 0. The van der Waals surface area contributed by atoms with Gasteiger partial charge in [-0.2, -0.15) is 5.26 Å². The first-order valence-electron chi connectivity index (χ1n) is 4.00. The predicted octanol–water partition coefficient (Wildman–Crippen LogP) is 1.11. The normalized spacial score (nSPS) is 10.8. The van der Waals surface area contributed by atoms with Gasteiger partial charge in [-0.3, -0.25) is 0 Å². The highest BCUT2D eigenvalue weighted by molar-refractivity contribution is 5.97. The van der Waals surface area contributed by atoms with Gasteiger partial charge in [0.25, 0.3) is 0 Å². The second-order valence-corrected chi connectivity index (χ2v) is 2.71. The van der Waals surface area contributed by atoms with Gasteiger partial charge in [0.15, 0.2) is 0 Å². The van der Waals surface area contributed by atoms with E-state index in [4.69, 9.17) is 5.26 Å². The van der Waals surface area contributed by atoms with Crippen LogP contribution in [0.15, 0.2) is 23.9 Å². The van der Waals surface area contributed by atoms with Crippen LogP contribution in [-0.4, -0.2) is 17.6 Å². The third kappa shape index (κ3) is 2.02. The van der Waals surface area contributed by atoms with E-state index < -0.39 is 5.97 Å². The van der Waals surface area contributed by atoms with Crippen molar-refractivity contribution in [3.05, 3.63) is 29.6 Å². The largest absolute Gasteiger partial charge is 0.465 e. The Morgan fingerprint density at radius 1 is 1.71 bits per heavy atom. The third-order valence-corrected chi connectivity index (χ3v) is 1.80. The van der Waals surface area contributed by atoms with Crippen LogP contribution in [0.25, 0.3) is 6.08 Å². The summed E-state index contributed by atoms with van der Waals surface area (Å²) in [5, 5.41) is 8.69. The van der Waals surface area contributed by atoms with E-state index in [1.165, 1.54) is 13.2 Å². The second kappa shape index (κ2) is 4.28. The molecule has 1 aromatic rings. The minimum atomic E-state index is -0.617. The third-order valence-electron chi connectivity index (χ3n) is 1.80. The van der Waals surface area contributed by atoms with Crippen LogP contribution in [0, 0.1) is 11.3 Å². The summed E-state index contributed by atoms with van der Waals surface area (Å²) >= 11 is 0. The quantitative estimate of drug-likeness (QED) is 0.398. The number of ether oxygens (including phenoxy) is 1. The molecule has 0 N–H and O–H groups in total. The molecule has 72 valence electrons. The molecule has 0 unspecified atom stereocenters. The van der Waals surface area contributed by atoms with E-state index >= 15 is 0 Å². The first-order valence-corrected chi connectivity index (χ1v) is 4.00. The SMILES string of the molecule is COC(=O)/C(C#N)=C\c1cccn1C. The fraction of sp³-hybridized carbons (Fsp3) is 0.200. The highest BCUT2D eigenvalue weighted by atomic mass is 16.5. The second-order valence-electron chi connectivity index (χ2n) is 2.71. The molecule has 0 spiro atoms. The Bertz CT molecular complexity index is 410. The number of hydrogen-bond acceptors (Lipinski definition) is 3. The number of nitrogens with zero attached hydrogens (tertiary/aromatic N) is 2. The predicted molar refractivity (Wildman–Crippen MR) is 51.0 cm³/mol. The van der Waals surface area contributed by atoms with Gasteiger partial charge in [0.05, 0.1) is 7.11 Å². The van der Waals surface area contributed by atoms with Crippen molar-refractivity contribution in [2.45, 2.75) is 0 Å². The number of methoxy groups -OCH3 is 1. The Hall–Kier alpha value is -2.02. The van der Waals surface area contributed by atoms with Crippen LogP contribution in [0.3, 0.4) is 0 Å². The van der Waals surface area contributed by atoms with Gasteiger partial charge in [-0.1, -0.05) is 0 Å². The Morgan fingerprint density at radius 2 is 2.43 bits per heavy atom. The number of aromatic nitrogens is 1. The lowest BCUT2D eigenvalue weighted by molar-refractivity contribution is -0.135. The average Bonchev–Trinajstić information content (AvgIpc) is 2.59. The summed E-state index contributed by atoms with van der Waals surface area (Å²) < 4.78 is 6.26. The lowest BCUT2D eigenvalue weighted by Crippen LogP contribution is -2.03. The van der Waals surface area contributed by atoms with Crippen molar-refractivity contribution in [2.75, 3.05) is 7.11 Å². The van der Waals surface area contributed by atoms with Crippen molar-refractivity contribution >= 4 is 12.0 Å². The molecule has 0 aliphatic carbocycles. The van der Waals surface area contributed by atoms with Gasteiger partial charge in [-0.15, -0.1) is 0 Å². The molecule has 1 aromatic heterocycles. The number of rotatable bonds is 2. The summed E-state index contributed by atoms with van der Waals surface area (Å²) in [6.07, 6.45) is 3.32. The van der Waals surface area contributed by atoms with Crippen molar-refractivity contribution in [1.82, 2.24) is 4.57 Å². The van der Waals surface area contributed by atoms with E-state index in [-0.39, 0.29) is 5.57 Å². The molecular weight excluding hydrogens is 180 g/mol. The number of aryl methyl sites for hydroxylation is 1. The van der Waals surface area contributed by atoms with Crippen LogP contribution < -0.4 is 0 Å². The minimum Gasteiger partial charge on any atom is -0.465 e. The van der Waals surface area contributed by atoms with Gasteiger partial charge >= 0.3 is 5.97 Å². The van der Waals surface area contributed by atoms with Gasteiger partial charge < -0.3 is 9.30 Å². The number of hydrogen-bond donors (Lipinski definition) is 0. The Morgan fingerprint density at radius 3 is 2.86 bits per heavy atom. The zero-order valence-corrected chi connectivity index (χ0v) is 8.02. The van der Waals surface area contributed by atoms with Crippen molar-refractivity contribution in [3.63, 3.8) is 0 Å². The van der Waals surface area contributed by atoms with Gasteiger partial charge in [0.1, 0.15) is 11.6 Å². The molecule has 0 aliphatic rings. The minimum absolute atomic E-state index is 0.00528. The molecule has 1 rings (SSSR count). The number of carbonyl (C=O) groups excluding carboxylic acids is 1. The van der Waals surface area contributed by atoms with E-state index in [0.29, 0.717) is 0 Å². The van der Waals surface area contributed by atoms with Crippen LogP contribution in [0.5, 0.6) is 0 Å². The molecule has 14 heavy (non-hydrogen) atoms. The highest BCUT2D eigenvalue weighted by Gasteiger charge is 2.08. The summed E-state index contributed by atoms with van der Waals surface area (Å²) in [4.78, 5) is 11.1. The Balaban J connectivity index is 3.03. The molecule has 0 bridgehead atoms. The number of nitriles is 1. The van der Waals surface area contributed by atoms with E-state index in [9.17, 15) is 4.79 Å². The lowest BCUT2D eigenvalue weighted by Gasteiger charge is -1.98. The molecular formula is C10H10N2O2. The lowest BCUT2D eigenvalue weighted by atomic mass is 10.2. The number of esters is 1. The van der Waals surface area contributed by atoms with Crippen molar-refractivity contribution in [3.8, 4) is 6.07 Å². The highest BCUT2D eigenvalue weighted by Crippen LogP contribution is 2.07. The van der Waals surface area contributed by atoms with Crippen molar-refractivity contribution < 1.29 is 9.53 Å². The summed E-state index contributed by atoms with van der Waals surface area (Å²) in [5.74, 6) is -0.617. The first-order chi connectivity index (χ1) is 6.69. The zero-order chi connectivity index (χ0) is 10.6. The molecule has 0 amide bonds. The molecule has 1 heterocycles. The maximum Gasteiger partial charge on any atom is 0.348 e. The monoisotopic (exact) mass is 190 g/mol. The van der Waals surface area contributed by atoms with Crippen LogP contribution in [0.2, 0.25) is 0 Å². The standard InChI is InChI=1S/C10H10N2O2/c1-12-5-3-4-9(12)6-8(7-11)10(13)14-2/h3-6H,1-2H3/b8-6-. The molecule has 0 saturated heterocycles. The van der Waals surface area contributed by atoms with Crippen LogP contribution in [-0.2, 0) is 16.6 Å². The van der Waals surface area contributed by atoms with Gasteiger partial charge in [0, 0.05) is 18.9 Å². The smallest absolute Gasteiger partial charge is 0.348 e. The average molecular weight is 190 g/mol. The summed E-state index contributed by atoms with van der Waals surface area (Å²) in [6, 6.07) is 5.43. The maximum absolute atomic E-state index is 11.1. The van der Waals surface area contributed by atoms with Gasteiger partial charge in [-0.25, -0.2) is 4.79 Å². The van der Waals surface area contributed by atoms with E-state index in [2.05, 4.69) is 4.74 Å². The van der Waals surface area contributed by atoms with E-state index in [1.807, 2.05) is 19.3 Å². The summed E-state index contributed by atoms with van der Waals surface area (Å²) in [5.41, 5.74) is 0.779. The molecule has 0 saturated carbocycles. The Kier molecular flexibility index (Phi) is 3.08. The summed E-state index contributed by atoms with van der Waals surface area (Å²) in [7, 11) is 3.08. The fourth-order valence-corrected chi connectivity index (χ4v) is 1.02. The van der Waals surface area contributed by atoms with Crippen LogP contribution >= 0.6 is 0 Å². The number of carbonyl (C=O) groups is 1. The van der Waals surface area contributed by atoms with Crippen molar-refractivity contribution in [1.29, 1.82) is 5.26 Å². The molecule has 0 radical (unpaired) electrons. The molecule has 0 fully saturated rings. The van der Waals surface area contributed by atoms with E-state index in [1.54, 1.807) is 16.7 Å².